The van der Waals surface area contributed by atoms with Gasteiger partial charge in [-0.2, -0.15) is 0 Å². The van der Waals surface area contributed by atoms with E-state index in [1.807, 2.05) is 0 Å². The molecule has 0 saturated carbocycles. The van der Waals surface area contributed by atoms with Crippen LogP contribution in [0.25, 0.3) is 0 Å². The van der Waals surface area contributed by atoms with Crippen LogP contribution in [0.3, 0.4) is 0 Å². The summed E-state index contributed by atoms with van der Waals surface area (Å²) in [5.41, 5.74) is -0.264. The fraction of sp³-hybridized carbons (Fsp3) is 0.273. The topological polar surface area (TPSA) is 172 Å². The average molecular weight is 506 g/mol. The summed E-state index contributed by atoms with van der Waals surface area (Å²) in [5.74, 6) is -1.71. The van der Waals surface area contributed by atoms with Gasteiger partial charge in [-0.15, -0.1) is 0 Å². The van der Waals surface area contributed by atoms with Crippen molar-refractivity contribution in [3.8, 4) is 11.6 Å². The summed E-state index contributed by atoms with van der Waals surface area (Å²) in [4.78, 5) is 23.1. The van der Waals surface area contributed by atoms with E-state index in [4.69, 9.17) is 9.47 Å². The van der Waals surface area contributed by atoms with Crippen molar-refractivity contribution in [3.63, 3.8) is 0 Å². The third kappa shape index (κ3) is 6.47. The Morgan fingerprint density at radius 1 is 1.14 bits per heavy atom. The van der Waals surface area contributed by atoms with E-state index in [9.17, 15) is 28.3 Å². The minimum atomic E-state index is -4.28. The molecule has 0 fully saturated rings. The molecule has 0 saturated heterocycles. The highest BCUT2D eigenvalue weighted by atomic mass is 32.2. The first-order valence-electron chi connectivity index (χ1n) is 10.3. The lowest BCUT2D eigenvalue weighted by Gasteiger charge is -2.22. The van der Waals surface area contributed by atoms with Crippen LogP contribution in [0.5, 0.6) is 11.6 Å². The lowest BCUT2D eigenvalue weighted by molar-refractivity contribution is -0.832. The molecule has 186 valence electrons. The van der Waals surface area contributed by atoms with Crippen molar-refractivity contribution in [1.29, 1.82) is 0 Å². The number of nitrogens with one attached hydrogen (secondary N) is 1. The highest BCUT2D eigenvalue weighted by molar-refractivity contribution is 7.91. The SMILES string of the molecule is CC(C)(C)OC(=O)N[C@@H](Cc1ccc(Oc2no[n+]([O-])c2S(=O)(=O)c2ccccc2)cc1)C(=O)O. The summed E-state index contributed by atoms with van der Waals surface area (Å²) in [5, 5.41) is 26.3. The van der Waals surface area contributed by atoms with Crippen molar-refractivity contribution < 1.29 is 42.1 Å². The molecule has 3 rings (SSSR count). The molecule has 0 bridgehead atoms. The van der Waals surface area contributed by atoms with E-state index in [1.54, 1.807) is 26.8 Å². The lowest BCUT2D eigenvalue weighted by atomic mass is 10.1. The number of aliphatic carboxylic acids is 1. The Morgan fingerprint density at radius 3 is 2.34 bits per heavy atom. The first-order valence-corrected chi connectivity index (χ1v) is 11.7. The zero-order valence-electron chi connectivity index (χ0n) is 19.0. The number of hydrogen-bond donors (Lipinski definition) is 2. The fourth-order valence-corrected chi connectivity index (χ4v) is 4.18. The molecular formula is C22H23N3O9S. The number of ether oxygens (including phenoxy) is 2. The van der Waals surface area contributed by atoms with E-state index in [1.165, 1.54) is 48.5 Å². The van der Waals surface area contributed by atoms with Crippen LogP contribution in [0.4, 0.5) is 4.79 Å². The van der Waals surface area contributed by atoms with Crippen molar-refractivity contribution in [2.24, 2.45) is 0 Å². The molecule has 1 amide bonds. The van der Waals surface area contributed by atoms with Gasteiger partial charge >= 0.3 is 23.0 Å². The Bertz CT molecular complexity index is 1300. The summed E-state index contributed by atoms with van der Waals surface area (Å²) >= 11 is 0. The number of carbonyl (C=O) groups is 2. The fourth-order valence-electron chi connectivity index (χ4n) is 2.91. The lowest BCUT2D eigenvalue weighted by Crippen LogP contribution is -2.44. The Balaban J connectivity index is 1.75. The van der Waals surface area contributed by atoms with Crippen molar-refractivity contribution in [2.45, 2.75) is 48.8 Å². The Morgan fingerprint density at radius 2 is 1.77 bits per heavy atom. The summed E-state index contributed by atoms with van der Waals surface area (Å²) < 4.78 is 40.7. The monoisotopic (exact) mass is 505 g/mol. The molecule has 0 unspecified atom stereocenters. The van der Waals surface area contributed by atoms with Crippen LogP contribution in [0.15, 0.2) is 69.1 Å². The first-order chi connectivity index (χ1) is 16.4. The maximum atomic E-state index is 12.8. The molecule has 0 aliphatic carbocycles. The number of amides is 1. The number of alkyl carbamates (subject to hydrolysis) is 1. The predicted octanol–water partition coefficient (Wildman–Crippen LogP) is 2.45. The van der Waals surface area contributed by atoms with Gasteiger partial charge in [-0.3, -0.25) is 4.63 Å². The molecule has 35 heavy (non-hydrogen) atoms. The smallest absolute Gasteiger partial charge is 0.420 e. The molecule has 0 spiro atoms. The first kappa shape index (κ1) is 25.5. The van der Waals surface area contributed by atoms with Gasteiger partial charge in [0.2, 0.25) is 0 Å². The molecule has 1 aromatic heterocycles. The van der Waals surface area contributed by atoms with E-state index in [0.717, 1.165) is 0 Å². The number of nitrogens with zero attached hydrogens (tertiary/aromatic N) is 2. The molecule has 2 aromatic carbocycles. The number of sulfone groups is 1. The van der Waals surface area contributed by atoms with Crippen LogP contribution in [0.1, 0.15) is 26.3 Å². The van der Waals surface area contributed by atoms with E-state index in [0.29, 0.717) is 5.56 Å². The van der Waals surface area contributed by atoms with Gasteiger partial charge in [0.1, 0.15) is 17.4 Å². The van der Waals surface area contributed by atoms with Gasteiger partial charge in [0.25, 0.3) is 9.84 Å². The third-order valence-electron chi connectivity index (χ3n) is 4.42. The van der Waals surface area contributed by atoms with Crippen molar-refractivity contribution in [3.05, 3.63) is 65.4 Å². The minimum absolute atomic E-state index is 0.0625. The van der Waals surface area contributed by atoms with E-state index >= 15 is 0 Å². The molecule has 13 heteroatoms. The number of hydrogen-bond acceptors (Lipinski definition) is 9. The van der Waals surface area contributed by atoms with Crippen LogP contribution in [0, 0.1) is 5.21 Å². The van der Waals surface area contributed by atoms with Gasteiger partial charge in [0.15, 0.2) is 0 Å². The van der Waals surface area contributed by atoms with Crippen LogP contribution >= 0.6 is 0 Å². The Labute approximate surface area is 200 Å². The number of carbonyl (C=O) groups excluding carboxylic acids is 1. The molecule has 3 aromatic rings. The Kier molecular flexibility index (Phi) is 7.29. The van der Waals surface area contributed by atoms with Crippen molar-refractivity contribution >= 4 is 21.9 Å². The molecule has 0 aliphatic heterocycles. The zero-order chi connectivity index (χ0) is 25.8. The largest absolute Gasteiger partial charge is 0.480 e. The maximum absolute atomic E-state index is 12.8. The van der Waals surface area contributed by atoms with Crippen molar-refractivity contribution in [1.82, 2.24) is 10.5 Å². The molecule has 0 aliphatic rings. The molecular weight excluding hydrogens is 482 g/mol. The minimum Gasteiger partial charge on any atom is -0.480 e. The zero-order valence-corrected chi connectivity index (χ0v) is 19.8. The number of rotatable bonds is 8. The van der Waals surface area contributed by atoms with E-state index in [2.05, 4.69) is 15.1 Å². The Hall–Kier alpha value is -4.13. The van der Waals surface area contributed by atoms with Gasteiger partial charge in [0, 0.05) is 6.42 Å². The summed E-state index contributed by atoms with van der Waals surface area (Å²) in [7, 11) is -4.28. The molecule has 2 N–H and O–H groups in total. The van der Waals surface area contributed by atoms with Crippen LogP contribution in [0.2, 0.25) is 0 Å². The van der Waals surface area contributed by atoms with E-state index in [-0.39, 0.29) is 22.0 Å². The number of aromatic nitrogens is 2. The van der Waals surface area contributed by atoms with Gasteiger partial charge in [0.05, 0.1) is 10.1 Å². The van der Waals surface area contributed by atoms with E-state index < -0.39 is 44.4 Å². The van der Waals surface area contributed by atoms with Gasteiger partial charge in [-0.25, -0.2) is 18.0 Å². The second kappa shape index (κ2) is 10.0. The standard InChI is InChI=1S/C22H23N3O9S/c1-22(2,3)33-21(28)23-17(20(26)27)13-14-9-11-15(12-10-14)32-18-19(25(29)34-24-18)35(30,31)16-7-5-4-6-8-16/h4-12,17H,13H2,1-3H3,(H,23,28)(H,26,27)/t17-/m0/s1. The summed E-state index contributed by atoms with van der Waals surface area (Å²) in [6.45, 7) is 4.96. The van der Waals surface area contributed by atoms with Crippen LogP contribution in [-0.4, -0.2) is 42.4 Å². The second-order valence-electron chi connectivity index (χ2n) is 8.34. The van der Waals surface area contributed by atoms with Crippen LogP contribution < -0.4 is 15.0 Å². The summed E-state index contributed by atoms with van der Waals surface area (Å²) in [6, 6.07) is 11.8. The van der Waals surface area contributed by atoms with Crippen molar-refractivity contribution in [2.75, 3.05) is 0 Å². The number of benzene rings is 2. The van der Waals surface area contributed by atoms with Gasteiger partial charge in [-0.05, 0) is 55.5 Å². The third-order valence-corrected chi connectivity index (χ3v) is 6.15. The molecule has 12 nitrogen and oxygen atoms in total. The normalized spacial score (nSPS) is 12.5. The number of carboxylic acids is 1. The van der Waals surface area contributed by atoms with Crippen LogP contribution in [-0.2, 0) is 25.8 Å². The highest BCUT2D eigenvalue weighted by Gasteiger charge is 2.36. The maximum Gasteiger partial charge on any atom is 0.420 e. The number of carboxylic acid groups (broad SMARTS) is 1. The molecule has 1 atom stereocenters. The highest BCUT2D eigenvalue weighted by Crippen LogP contribution is 2.29. The quantitative estimate of drug-likeness (QED) is 0.433. The average Bonchev–Trinajstić information content (AvgIpc) is 3.14. The molecule has 0 radical (unpaired) electrons. The van der Waals surface area contributed by atoms with Gasteiger partial charge in [-0.1, -0.05) is 30.3 Å². The second-order valence-corrected chi connectivity index (χ2v) is 10.2. The predicted molar refractivity (Wildman–Crippen MR) is 118 cm³/mol. The molecule has 1 heterocycles. The van der Waals surface area contributed by atoms with Gasteiger partial charge < -0.3 is 25.1 Å². The summed E-state index contributed by atoms with van der Waals surface area (Å²) in [6.07, 6.45) is -0.929.